The van der Waals surface area contributed by atoms with Gasteiger partial charge in [0.2, 0.25) is 10.0 Å². The van der Waals surface area contributed by atoms with Gasteiger partial charge in [0.15, 0.2) is 5.82 Å². The van der Waals surface area contributed by atoms with Crippen LogP contribution in [0, 0.1) is 5.92 Å². The third-order valence-corrected chi connectivity index (χ3v) is 7.50. The highest BCUT2D eigenvalue weighted by Gasteiger charge is 2.21. The molecule has 2 heterocycles. The molecule has 0 radical (unpaired) electrons. The predicted octanol–water partition coefficient (Wildman–Crippen LogP) is 3.24. The second-order valence-electron chi connectivity index (χ2n) is 8.45. The van der Waals surface area contributed by atoms with Gasteiger partial charge in [-0.2, -0.15) is 5.10 Å². The molecule has 9 heteroatoms. The largest absolute Gasteiger partial charge is 0.377 e. The van der Waals surface area contributed by atoms with Gasteiger partial charge in [0.1, 0.15) is 0 Å². The summed E-state index contributed by atoms with van der Waals surface area (Å²) in [7, 11) is -3.64. The molecule has 2 fully saturated rings. The first-order valence-electron chi connectivity index (χ1n) is 11.1. The van der Waals surface area contributed by atoms with Gasteiger partial charge in [-0.15, -0.1) is 0 Å². The second kappa shape index (κ2) is 9.93. The maximum Gasteiger partial charge on any atom is 0.256 e. The Morgan fingerprint density at radius 3 is 2.58 bits per heavy atom. The molecule has 31 heavy (non-hydrogen) atoms. The second-order valence-corrected chi connectivity index (χ2v) is 10.2. The van der Waals surface area contributed by atoms with E-state index in [1.807, 2.05) is 6.07 Å². The van der Waals surface area contributed by atoms with E-state index in [0.717, 1.165) is 25.0 Å². The zero-order valence-corrected chi connectivity index (χ0v) is 18.4. The third-order valence-electron chi connectivity index (χ3n) is 6.06. The highest BCUT2D eigenvalue weighted by atomic mass is 32.2. The average molecular weight is 447 g/mol. The summed E-state index contributed by atoms with van der Waals surface area (Å²) in [6.07, 6.45) is 9.09. The van der Waals surface area contributed by atoms with Gasteiger partial charge < -0.3 is 10.1 Å². The van der Waals surface area contributed by atoms with Crippen LogP contribution in [0.5, 0.6) is 0 Å². The molecule has 1 unspecified atom stereocenters. The SMILES string of the molecule is O=C(Nc1cc(CC2CCCCC2)[nH]n1)c1ccc(S(=O)(=O)NCC2CCCO2)cc1. The fourth-order valence-corrected chi connectivity index (χ4v) is 5.36. The minimum Gasteiger partial charge on any atom is -0.377 e. The Balaban J connectivity index is 1.31. The molecule has 0 spiro atoms. The van der Waals surface area contributed by atoms with Crippen molar-refractivity contribution in [3.05, 3.63) is 41.6 Å². The summed E-state index contributed by atoms with van der Waals surface area (Å²) in [6, 6.07) is 7.76. The van der Waals surface area contributed by atoms with Gasteiger partial charge in [-0.3, -0.25) is 9.89 Å². The molecule has 1 amide bonds. The van der Waals surface area contributed by atoms with Crippen molar-refractivity contribution < 1.29 is 17.9 Å². The number of hydrogen-bond donors (Lipinski definition) is 3. The van der Waals surface area contributed by atoms with Crippen LogP contribution < -0.4 is 10.0 Å². The summed E-state index contributed by atoms with van der Waals surface area (Å²) in [6.45, 7) is 0.932. The summed E-state index contributed by atoms with van der Waals surface area (Å²) in [4.78, 5) is 12.6. The van der Waals surface area contributed by atoms with E-state index in [1.165, 1.54) is 56.4 Å². The lowest BCUT2D eigenvalue weighted by Crippen LogP contribution is -2.31. The Morgan fingerprint density at radius 1 is 1.10 bits per heavy atom. The molecule has 1 saturated carbocycles. The normalized spacial score (nSPS) is 20.1. The van der Waals surface area contributed by atoms with Gasteiger partial charge >= 0.3 is 0 Å². The van der Waals surface area contributed by atoms with Gasteiger partial charge in [0, 0.05) is 30.5 Å². The minimum atomic E-state index is -3.64. The monoisotopic (exact) mass is 446 g/mol. The molecule has 1 aliphatic carbocycles. The summed E-state index contributed by atoms with van der Waals surface area (Å²) >= 11 is 0. The molecule has 8 nitrogen and oxygen atoms in total. The average Bonchev–Trinajstić information content (AvgIpc) is 3.45. The van der Waals surface area contributed by atoms with E-state index in [0.29, 0.717) is 23.9 Å². The molecule has 1 aliphatic heterocycles. The molecular formula is C22H30N4O4S. The van der Waals surface area contributed by atoms with Gasteiger partial charge in [-0.05, 0) is 49.4 Å². The minimum absolute atomic E-state index is 0.0725. The number of hydrogen-bond acceptors (Lipinski definition) is 5. The Hall–Kier alpha value is -2.23. The van der Waals surface area contributed by atoms with Crippen LogP contribution in [0.2, 0.25) is 0 Å². The highest BCUT2D eigenvalue weighted by molar-refractivity contribution is 7.89. The Morgan fingerprint density at radius 2 is 1.87 bits per heavy atom. The van der Waals surface area contributed by atoms with Crippen LogP contribution in [0.15, 0.2) is 35.2 Å². The van der Waals surface area contributed by atoms with Crippen LogP contribution >= 0.6 is 0 Å². The first-order chi connectivity index (χ1) is 15.0. The molecule has 0 bridgehead atoms. The number of anilines is 1. The van der Waals surface area contributed by atoms with Crippen molar-refractivity contribution in [1.82, 2.24) is 14.9 Å². The van der Waals surface area contributed by atoms with Crippen LogP contribution in [-0.4, -0.2) is 43.8 Å². The van der Waals surface area contributed by atoms with E-state index in [1.54, 1.807) is 0 Å². The first kappa shape index (κ1) is 22.0. The maximum atomic E-state index is 12.5. The van der Waals surface area contributed by atoms with Crippen LogP contribution in [0.3, 0.4) is 0 Å². The molecular weight excluding hydrogens is 416 g/mol. The maximum absolute atomic E-state index is 12.5. The number of benzene rings is 1. The molecule has 3 N–H and O–H groups in total. The van der Waals surface area contributed by atoms with Crippen molar-refractivity contribution in [3.8, 4) is 0 Å². The van der Waals surface area contributed by atoms with Crippen molar-refractivity contribution in [2.24, 2.45) is 5.92 Å². The number of sulfonamides is 1. The topological polar surface area (TPSA) is 113 Å². The zero-order valence-electron chi connectivity index (χ0n) is 17.6. The van der Waals surface area contributed by atoms with Crippen molar-refractivity contribution in [3.63, 3.8) is 0 Å². The molecule has 4 rings (SSSR count). The number of aromatic nitrogens is 2. The van der Waals surface area contributed by atoms with Gasteiger partial charge in [-0.25, -0.2) is 13.1 Å². The van der Waals surface area contributed by atoms with Crippen LogP contribution in [0.1, 0.15) is 61.0 Å². The van der Waals surface area contributed by atoms with E-state index in [9.17, 15) is 13.2 Å². The van der Waals surface area contributed by atoms with Gasteiger partial charge in [0.25, 0.3) is 5.91 Å². The number of aromatic amines is 1. The van der Waals surface area contributed by atoms with E-state index in [4.69, 9.17) is 4.74 Å². The van der Waals surface area contributed by atoms with Crippen molar-refractivity contribution >= 4 is 21.7 Å². The number of nitrogens with zero attached hydrogens (tertiary/aromatic N) is 1. The number of carbonyl (C=O) groups is 1. The van der Waals surface area contributed by atoms with Crippen molar-refractivity contribution in [1.29, 1.82) is 0 Å². The number of H-pyrrole nitrogens is 1. The van der Waals surface area contributed by atoms with E-state index < -0.39 is 10.0 Å². The molecule has 1 atom stereocenters. The van der Waals surface area contributed by atoms with Crippen molar-refractivity contribution in [2.75, 3.05) is 18.5 Å². The predicted molar refractivity (Wildman–Crippen MR) is 117 cm³/mol. The van der Waals surface area contributed by atoms with E-state index in [2.05, 4.69) is 20.2 Å². The standard InChI is InChI=1S/C22H30N4O4S/c27-22(24-21-14-18(25-26-21)13-16-5-2-1-3-6-16)17-8-10-20(11-9-17)31(28,29)23-15-19-7-4-12-30-19/h8-11,14,16,19,23H,1-7,12-13,15H2,(H2,24,25,26,27). The first-order valence-corrected chi connectivity index (χ1v) is 12.5. The lowest BCUT2D eigenvalue weighted by atomic mass is 9.86. The van der Waals surface area contributed by atoms with Gasteiger partial charge in [-0.1, -0.05) is 32.1 Å². The van der Waals surface area contributed by atoms with Crippen LogP contribution in [-0.2, 0) is 21.2 Å². The number of rotatable bonds is 8. The summed E-state index contributed by atoms with van der Waals surface area (Å²) in [5, 5.41) is 9.98. The fraction of sp³-hybridized carbons (Fsp3) is 0.545. The number of carbonyl (C=O) groups excluding carboxylic acids is 1. The van der Waals surface area contributed by atoms with Crippen LogP contribution in [0.25, 0.3) is 0 Å². The quantitative estimate of drug-likeness (QED) is 0.576. The van der Waals surface area contributed by atoms with Crippen molar-refractivity contribution in [2.45, 2.75) is 62.4 Å². The Bertz CT molecular complexity index is 975. The van der Waals surface area contributed by atoms with Crippen LogP contribution in [0.4, 0.5) is 5.82 Å². The molecule has 1 saturated heterocycles. The summed E-state index contributed by atoms with van der Waals surface area (Å²) in [5.41, 5.74) is 1.40. The molecule has 2 aliphatic rings. The van der Waals surface area contributed by atoms with Gasteiger partial charge in [0.05, 0.1) is 11.0 Å². The molecule has 168 valence electrons. The lowest BCUT2D eigenvalue weighted by Gasteiger charge is -2.20. The zero-order chi connectivity index (χ0) is 21.7. The summed E-state index contributed by atoms with van der Waals surface area (Å²) in [5.74, 6) is 0.832. The van der Waals surface area contributed by atoms with E-state index >= 15 is 0 Å². The smallest absolute Gasteiger partial charge is 0.256 e. The fourth-order valence-electron chi connectivity index (χ4n) is 4.30. The third kappa shape index (κ3) is 5.93. The molecule has 1 aromatic heterocycles. The Kier molecular flexibility index (Phi) is 7.04. The summed E-state index contributed by atoms with van der Waals surface area (Å²) < 4.78 is 32.9. The number of nitrogens with one attached hydrogen (secondary N) is 3. The highest BCUT2D eigenvalue weighted by Crippen LogP contribution is 2.26. The lowest BCUT2D eigenvalue weighted by molar-refractivity contribution is 0.102. The number of amides is 1. The Labute approximate surface area is 183 Å². The number of ether oxygens (including phenoxy) is 1. The van der Waals surface area contributed by atoms with E-state index in [-0.39, 0.29) is 23.5 Å². The molecule has 1 aromatic carbocycles. The molecule has 2 aromatic rings.